The average molecular weight is 330 g/mol. The van der Waals surface area contributed by atoms with Gasteiger partial charge in [-0.1, -0.05) is 30.3 Å². The highest BCUT2D eigenvalue weighted by atomic mass is 16.5. The Morgan fingerprint density at radius 3 is 2.54 bits per heavy atom. The highest BCUT2D eigenvalue weighted by Gasteiger charge is 2.53. The molecule has 0 aliphatic carbocycles. The molecule has 1 unspecified atom stereocenters. The Morgan fingerprint density at radius 2 is 1.92 bits per heavy atom. The first-order valence-corrected chi connectivity index (χ1v) is 8.14. The zero-order chi connectivity index (χ0) is 17.2. The van der Waals surface area contributed by atoms with E-state index >= 15 is 0 Å². The van der Waals surface area contributed by atoms with Gasteiger partial charge in [-0.15, -0.1) is 0 Å². The predicted octanol–water partition coefficient (Wildman–Crippen LogP) is 1.43. The lowest BCUT2D eigenvalue weighted by Gasteiger charge is -2.43. The van der Waals surface area contributed by atoms with Gasteiger partial charge in [0.25, 0.3) is 0 Å². The Morgan fingerprint density at radius 1 is 1.25 bits per heavy atom. The van der Waals surface area contributed by atoms with Crippen molar-refractivity contribution in [3.8, 4) is 0 Å². The monoisotopic (exact) mass is 330 g/mol. The van der Waals surface area contributed by atoms with Crippen molar-refractivity contribution in [2.75, 3.05) is 26.7 Å². The standard InChI is InChI=1S/C18H22N2O4/c1-19-11-9-18(10-12-19)20(15(13-24-18)17(22)23)16(21)8-7-14-5-3-2-4-6-14/h2-8,15H,9-13H2,1H3,(H,22,23). The number of carboxylic acids is 1. The van der Waals surface area contributed by atoms with Gasteiger partial charge >= 0.3 is 5.97 Å². The molecule has 0 bridgehead atoms. The van der Waals surface area contributed by atoms with Crippen LogP contribution in [0.1, 0.15) is 18.4 Å². The summed E-state index contributed by atoms with van der Waals surface area (Å²) in [7, 11) is 2.01. The lowest BCUT2D eigenvalue weighted by atomic mass is 9.98. The molecule has 2 aliphatic heterocycles. The quantitative estimate of drug-likeness (QED) is 0.849. The summed E-state index contributed by atoms with van der Waals surface area (Å²) in [5.74, 6) is -1.33. The van der Waals surface area contributed by atoms with E-state index in [-0.39, 0.29) is 12.5 Å². The summed E-state index contributed by atoms with van der Waals surface area (Å²) in [6.07, 6.45) is 4.40. The van der Waals surface area contributed by atoms with E-state index in [9.17, 15) is 14.7 Å². The number of amides is 1. The van der Waals surface area contributed by atoms with Crippen LogP contribution in [0.3, 0.4) is 0 Å². The van der Waals surface area contributed by atoms with Crippen LogP contribution in [0.4, 0.5) is 0 Å². The van der Waals surface area contributed by atoms with Gasteiger partial charge < -0.3 is 14.7 Å². The van der Waals surface area contributed by atoms with Gasteiger partial charge in [0.15, 0.2) is 6.04 Å². The van der Waals surface area contributed by atoms with E-state index < -0.39 is 17.7 Å². The summed E-state index contributed by atoms with van der Waals surface area (Å²) >= 11 is 0. The van der Waals surface area contributed by atoms with Gasteiger partial charge in [0.05, 0.1) is 6.61 Å². The fourth-order valence-electron chi connectivity index (χ4n) is 3.36. The van der Waals surface area contributed by atoms with Gasteiger partial charge in [-0.25, -0.2) is 4.79 Å². The second-order valence-corrected chi connectivity index (χ2v) is 6.37. The maximum absolute atomic E-state index is 12.8. The molecule has 6 heteroatoms. The third kappa shape index (κ3) is 3.20. The first-order valence-electron chi connectivity index (χ1n) is 8.14. The second kappa shape index (κ2) is 6.75. The normalized spacial score (nSPS) is 23.9. The van der Waals surface area contributed by atoms with Gasteiger partial charge in [0.2, 0.25) is 5.91 Å². The van der Waals surface area contributed by atoms with Crippen molar-refractivity contribution in [1.82, 2.24) is 9.80 Å². The maximum atomic E-state index is 12.8. The number of rotatable bonds is 3. The topological polar surface area (TPSA) is 70.1 Å². The van der Waals surface area contributed by atoms with Crippen molar-refractivity contribution >= 4 is 18.0 Å². The molecule has 1 N–H and O–H groups in total. The molecule has 128 valence electrons. The third-order valence-electron chi connectivity index (χ3n) is 4.77. The summed E-state index contributed by atoms with van der Waals surface area (Å²) in [4.78, 5) is 27.9. The number of benzene rings is 1. The first-order chi connectivity index (χ1) is 11.5. The van der Waals surface area contributed by atoms with Crippen molar-refractivity contribution in [2.24, 2.45) is 0 Å². The van der Waals surface area contributed by atoms with Crippen LogP contribution in [-0.4, -0.2) is 65.3 Å². The number of piperidine rings is 1. The number of hydrogen-bond acceptors (Lipinski definition) is 4. The minimum atomic E-state index is -1.02. The summed E-state index contributed by atoms with van der Waals surface area (Å²) in [5, 5.41) is 9.48. The van der Waals surface area contributed by atoms with Crippen molar-refractivity contribution in [1.29, 1.82) is 0 Å². The number of carbonyl (C=O) groups excluding carboxylic acids is 1. The van der Waals surface area contributed by atoms with Gasteiger partial charge in [-0.3, -0.25) is 9.69 Å². The SMILES string of the molecule is CN1CCC2(CC1)OCC(C(=O)O)N2C(=O)C=Cc1ccccc1. The molecule has 0 radical (unpaired) electrons. The van der Waals surface area contributed by atoms with E-state index in [0.29, 0.717) is 12.8 Å². The van der Waals surface area contributed by atoms with Crippen LogP contribution in [0.15, 0.2) is 36.4 Å². The molecule has 1 aromatic carbocycles. The molecular formula is C18H22N2O4. The Labute approximate surface area is 141 Å². The maximum Gasteiger partial charge on any atom is 0.328 e. The Bertz CT molecular complexity index is 636. The van der Waals surface area contributed by atoms with Crippen LogP contribution in [0.5, 0.6) is 0 Å². The van der Waals surface area contributed by atoms with Crippen LogP contribution in [0.25, 0.3) is 6.08 Å². The minimum Gasteiger partial charge on any atom is -0.480 e. The van der Waals surface area contributed by atoms with Crippen LogP contribution in [0.2, 0.25) is 0 Å². The van der Waals surface area contributed by atoms with E-state index in [2.05, 4.69) is 4.90 Å². The van der Waals surface area contributed by atoms with Gasteiger partial charge in [0.1, 0.15) is 5.72 Å². The van der Waals surface area contributed by atoms with E-state index in [4.69, 9.17) is 4.74 Å². The highest BCUT2D eigenvalue weighted by Crippen LogP contribution is 2.37. The predicted molar refractivity (Wildman–Crippen MR) is 89.2 cm³/mol. The van der Waals surface area contributed by atoms with E-state index in [1.54, 1.807) is 6.08 Å². The Kier molecular flexibility index (Phi) is 4.69. The molecule has 1 spiro atoms. The van der Waals surface area contributed by atoms with Crippen molar-refractivity contribution in [3.05, 3.63) is 42.0 Å². The fourth-order valence-corrected chi connectivity index (χ4v) is 3.36. The van der Waals surface area contributed by atoms with E-state index in [0.717, 1.165) is 18.7 Å². The number of ether oxygens (including phenoxy) is 1. The smallest absolute Gasteiger partial charge is 0.328 e. The molecule has 3 rings (SSSR count). The second-order valence-electron chi connectivity index (χ2n) is 6.37. The number of carbonyl (C=O) groups is 2. The molecule has 2 fully saturated rings. The molecule has 24 heavy (non-hydrogen) atoms. The summed E-state index contributed by atoms with van der Waals surface area (Å²) in [6.45, 7) is 1.60. The molecule has 6 nitrogen and oxygen atoms in total. The molecular weight excluding hydrogens is 308 g/mol. The Balaban J connectivity index is 1.83. The average Bonchev–Trinajstić information content (AvgIpc) is 2.96. The minimum absolute atomic E-state index is 0.0456. The van der Waals surface area contributed by atoms with Crippen molar-refractivity contribution in [2.45, 2.75) is 24.6 Å². The molecule has 0 saturated carbocycles. The molecule has 0 aromatic heterocycles. The number of aliphatic carboxylic acids is 1. The number of carboxylic acid groups (broad SMARTS) is 1. The van der Waals surface area contributed by atoms with Crippen LogP contribution in [-0.2, 0) is 14.3 Å². The van der Waals surface area contributed by atoms with E-state index in [1.165, 1.54) is 11.0 Å². The summed E-state index contributed by atoms with van der Waals surface area (Å²) in [6, 6.07) is 8.54. The molecule has 1 atom stereocenters. The summed E-state index contributed by atoms with van der Waals surface area (Å²) < 4.78 is 5.85. The largest absolute Gasteiger partial charge is 0.480 e. The lowest BCUT2D eigenvalue weighted by Crippen LogP contribution is -2.57. The van der Waals surface area contributed by atoms with Gasteiger partial charge in [0, 0.05) is 32.0 Å². The summed E-state index contributed by atoms with van der Waals surface area (Å²) in [5.41, 5.74) is 0.100. The van der Waals surface area contributed by atoms with Crippen LogP contribution in [0, 0.1) is 0 Å². The number of nitrogens with zero attached hydrogens (tertiary/aromatic N) is 2. The van der Waals surface area contributed by atoms with Gasteiger partial charge in [-0.2, -0.15) is 0 Å². The van der Waals surface area contributed by atoms with Crippen molar-refractivity contribution < 1.29 is 19.4 Å². The molecule has 1 amide bonds. The van der Waals surface area contributed by atoms with Crippen LogP contribution >= 0.6 is 0 Å². The first kappa shape index (κ1) is 16.7. The van der Waals surface area contributed by atoms with Gasteiger partial charge in [-0.05, 0) is 18.7 Å². The van der Waals surface area contributed by atoms with Crippen molar-refractivity contribution in [3.63, 3.8) is 0 Å². The Hall–Kier alpha value is -2.18. The third-order valence-corrected chi connectivity index (χ3v) is 4.77. The lowest BCUT2D eigenvalue weighted by molar-refractivity contribution is -0.161. The van der Waals surface area contributed by atoms with E-state index in [1.807, 2.05) is 37.4 Å². The number of hydrogen-bond donors (Lipinski definition) is 1. The molecule has 2 saturated heterocycles. The van der Waals surface area contributed by atoms with Crippen LogP contribution < -0.4 is 0 Å². The number of likely N-dealkylation sites (tertiary alicyclic amines) is 1. The zero-order valence-electron chi connectivity index (χ0n) is 13.7. The molecule has 2 aliphatic rings. The fraction of sp³-hybridized carbons (Fsp3) is 0.444. The zero-order valence-corrected chi connectivity index (χ0v) is 13.7. The highest BCUT2D eigenvalue weighted by molar-refractivity contribution is 5.95. The molecule has 2 heterocycles. The molecule has 1 aromatic rings.